The zero-order chi connectivity index (χ0) is 14.3. The van der Waals surface area contributed by atoms with Gasteiger partial charge in [-0.25, -0.2) is 0 Å². The molecule has 0 aliphatic rings. The second kappa shape index (κ2) is 8.26. The van der Waals surface area contributed by atoms with Gasteiger partial charge in [-0.1, -0.05) is 26.7 Å². The van der Waals surface area contributed by atoms with Gasteiger partial charge in [0.2, 0.25) is 0 Å². The summed E-state index contributed by atoms with van der Waals surface area (Å²) in [5.74, 6) is 0.0580. The predicted octanol–water partition coefficient (Wildman–Crippen LogP) is 4.42. The summed E-state index contributed by atoms with van der Waals surface area (Å²) in [6.07, 6.45) is 6.38. The van der Waals surface area contributed by atoms with Crippen molar-refractivity contribution in [2.24, 2.45) is 0 Å². The minimum atomic E-state index is 0.0580. The van der Waals surface area contributed by atoms with Gasteiger partial charge in [-0.2, -0.15) is 0 Å². The molecule has 2 nitrogen and oxygen atoms in total. The minimum absolute atomic E-state index is 0.0580. The van der Waals surface area contributed by atoms with E-state index in [2.05, 4.69) is 32.3 Å². The molecule has 1 amide bonds. The fraction of sp³-hybridized carbons (Fsp3) is 0.562. The zero-order valence-corrected chi connectivity index (χ0v) is 13.3. The number of aryl methyl sites for hydroxylation is 1. The number of carbonyl (C=O) groups excluding carboxylic acids is 1. The van der Waals surface area contributed by atoms with Crippen LogP contribution in [0.25, 0.3) is 0 Å². The van der Waals surface area contributed by atoms with Gasteiger partial charge in [0, 0.05) is 16.5 Å². The lowest BCUT2D eigenvalue weighted by atomic mass is 10.1. The number of rotatable bonds is 7. The number of nitrogens with one attached hydrogen (secondary N) is 1. The van der Waals surface area contributed by atoms with Crippen molar-refractivity contribution in [3.05, 3.63) is 29.3 Å². The first-order chi connectivity index (χ1) is 9.12. The number of thioether (sulfide) groups is 1. The summed E-state index contributed by atoms with van der Waals surface area (Å²) in [7, 11) is 0. The van der Waals surface area contributed by atoms with Crippen LogP contribution in [0.1, 0.15) is 55.5 Å². The SMILES string of the molecule is CCCC(CCC)NC(=O)c1ccc(SC)c(C)c1. The monoisotopic (exact) mass is 279 g/mol. The molecule has 0 radical (unpaired) electrons. The van der Waals surface area contributed by atoms with E-state index in [0.29, 0.717) is 6.04 Å². The number of hydrogen-bond donors (Lipinski definition) is 1. The molecule has 0 aliphatic carbocycles. The Morgan fingerprint density at radius 3 is 2.37 bits per heavy atom. The molecule has 0 saturated heterocycles. The minimum Gasteiger partial charge on any atom is -0.349 e. The van der Waals surface area contributed by atoms with Crippen molar-refractivity contribution in [2.45, 2.75) is 57.4 Å². The smallest absolute Gasteiger partial charge is 0.251 e. The maximum atomic E-state index is 12.2. The summed E-state index contributed by atoms with van der Waals surface area (Å²) in [6, 6.07) is 6.24. The largest absolute Gasteiger partial charge is 0.349 e. The van der Waals surface area contributed by atoms with Gasteiger partial charge in [-0.15, -0.1) is 11.8 Å². The number of hydrogen-bond acceptors (Lipinski definition) is 2. The molecule has 0 spiro atoms. The lowest BCUT2D eigenvalue weighted by Crippen LogP contribution is -2.34. The molecule has 0 fully saturated rings. The molecule has 1 rings (SSSR count). The van der Waals surface area contributed by atoms with Gasteiger partial charge in [0.25, 0.3) is 5.91 Å². The molecule has 106 valence electrons. The van der Waals surface area contributed by atoms with Crippen LogP contribution in [0, 0.1) is 6.92 Å². The standard InChI is InChI=1S/C16H25NOS/c1-5-7-14(8-6-2)17-16(18)13-9-10-15(19-4)12(3)11-13/h9-11,14H,5-8H2,1-4H3,(H,17,18). The van der Waals surface area contributed by atoms with Crippen molar-refractivity contribution in [3.63, 3.8) is 0 Å². The van der Waals surface area contributed by atoms with Gasteiger partial charge in [0.05, 0.1) is 0 Å². The summed E-state index contributed by atoms with van der Waals surface area (Å²) < 4.78 is 0. The highest BCUT2D eigenvalue weighted by atomic mass is 32.2. The molecule has 0 bridgehead atoms. The summed E-state index contributed by atoms with van der Waals surface area (Å²) >= 11 is 1.71. The molecule has 0 atom stereocenters. The maximum absolute atomic E-state index is 12.2. The highest BCUT2D eigenvalue weighted by molar-refractivity contribution is 7.98. The summed E-state index contributed by atoms with van der Waals surface area (Å²) in [5, 5.41) is 3.15. The zero-order valence-electron chi connectivity index (χ0n) is 12.5. The Hall–Kier alpha value is -0.960. The van der Waals surface area contributed by atoms with Crippen LogP contribution in [0.4, 0.5) is 0 Å². The summed E-state index contributed by atoms with van der Waals surface area (Å²) in [4.78, 5) is 13.5. The molecule has 0 saturated carbocycles. The average Bonchev–Trinajstić information content (AvgIpc) is 2.39. The third-order valence-corrected chi connectivity index (χ3v) is 4.16. The Morgan fingerprint density at radius 2 is 1.89 bits per heavy atom. The van der Waals surface area contributed by atoms with Crippen LogP contribution in [-0.2, 0) is 0 Å². The Bertz CT molecular complexity index is 411. The van der Waals surface area contributed by atoms with E-state index in [1.54, 1.807) is 11.8 Å². The molecule has 1 N–H and O–H groups in total. The Labute approximate surface area is 121 Å². The maximum Gasteiger partial charge on any atom is 0.251 e. The van der Waals surface area contributed by atoms with Crippen molar-refractivity contribution in [2.75, 3.05) is 6.26 Å². The second-order valence-corrected chi connectivity index (χ2v) is 5.78. The molecular formula is C16H25NOS. The van der Waals surface area contributed by atoms with Crippen LogP contribution >= 0.6 is 11.8 Å². The van der Waals surface area contributed by atoms with Crippen molar-refractivity contribution in [1.29, 1.82) is 0 Å². The van der Waals surface area contributed by atoms with Crippen molar-refractivity contribution in [3.8, 4) is 0 Å². The Balaban J connectivity index is 2.73. The van der Waals surface area contributed by atoms with Crippen molar-refractivity contribution < 1.29 is 4.79 Å². The lowest BCUT2D eigenvalue weighted by Gasteiger charge is -2.17. The van der Waals surface area contributed by atoms with E-state index in [1.807, 2.05) is 18.2 Å². The first kappa shape index (κ1) is 16.1. The highest BCUT2D eigenvalue weighted by Gasteiger charge is 2.13. The van der Waals surface area contributed by atoms with Crippen molar-refractivity contribution >= 4 is 17.7 Å². The van der Waals surface area contributed by atoms with E-state index in [1.165, 1.54) is 10.5 Å². The molecule has 3 heteroatoms. The average molecular weight is 279 g/mol. The van der Waals surface area contributed by atoms with Crippen LogP contribution in [0.5, 0.6) is 0 Å². The first-order valence-electron chi connectivity index (χ1n) is 7.07. The van der Waals surface area contributed by atoms with E-state index in [0.717, 1.165) is 31.2 Å². The topological polar surface area (TPSA) is 29.1 Å². The number of benzene rings is 1. The molecular weight excluding hydrogens is 254 g/mol. The van der Waals surface area contributed by atoms with Crippen LogP contribution in [0.2, 0.25) is 0 Å². The molecule has 0 unspecified atom stereocenters. The summed E-state index contributed by atoms with van der Waals surface area (Å²) in [6.45, 7) is 6.37. The molecule has 0 aliphatic heterocycles. The van der Waals surface area contributed by atoms with Gasteiger partial charge in [-0.3, -0.25) is 4.79 Å². The quantitative estimate of drug-likeness (QED) is 0.749. The van der Waals surface area contributed by atoms with Gasteiger partial charge < -0.3 is 5.32 Å². The first-order valence-corrected chi connectivity index (χ1v) is 8.30. The Morgan fingerprint density at radius 1 is 1.26 bits per heavy atom. The highest BCUT2D eigenvalue weighted by Crippen LogP contribution is 2.20. The van der Waals surface area contributed by atoms with Gasteiger partial charge >= 0.3 is 0 Å². The third kappa shape index (κ3) is 4.90. The normalized spacial score (nSPS) is 10.8. The molecule has 19 heavy (non-hydrogen) atoms. The molecule has 0 heterocycles. The second-order valence-electron chi connectivity index (χ2n) is 4.93. The van der Waals surface area contributed by atoms with Gasteiger partial charge in [-0.05, 0) is 49.8 Å². The fourth-order valence-corrected chi connectivity index (χ4v) is 2.86. The van der Waals surface area contributed by atoms with E-state index in [-0.39, 0.29) is 5.91 Å². The van der Waals surface area contributed by atoms with Crippen LogP contribution in [-0.4, -0.2) is 18.2 Å². The molecule has 1 aromatic rings. The lowest BCUT2D eigenvalue weighted by molar-refractivity contribution is 0.0932. The number of carbonyl (C=O) groups is 1. The van der Waals surface area contributed by atoms with Crippen molar-refractivity contribution in [1.82, 2.24) is 5.32 Å². The molecule has 0 aromatic heterocycles. The van der Waals surface area contributed by atoms with E-state index < -0.39 is 0 Å². The summed E-state index contributed by atoms with van der Waals surface area (Å²) in [5.41, 5.74) is 1.94. The van der Waals surface area contributed by atoms with Gasteiger partial charge in [0.1, 0.15) is 0 Å². The third-order valence-electron chi connectivity index (χ3n) is 3.27. The van der Waals surface area contributed by atoms with Gasteiger partial charge in [0.15, 0.2) is 0 Å². The van der Waals surface area contributed by atoms with Crippen LogP contribution < -0.4 is 5.32 Å². The van der Waals surface area contributed by atoms with Crippen LogP contribution in [0.15, 0.2) is 23.1 Å². The van der Waals surface area contributed by atoms with E-state index in [4.69, 9.17) is 0 Å². The van der Waals surface area contributed by atoms with Crippen LogP contribution in [0.3, 0.4) is 0 Å². The molecule has 1 aromatic carbocycles. The van der Waals surface area contributed by atoms with E-state index >= 15 is 0 Å². The fourth-order valence-electron chi connectivity index (χ4n) is 2.27. The predicted molar refractivity (Wildman–Crippen MR) is 84.0 cm³/mol. The Kier molecular flexibility index (Phi) is 7.00. The van der Waals surface area contributed by atoms with E-state index in [9.17, 15) is 4.79 Å². The number of amides is 1.